The Morgan fingerprint density at radius 2 is 2.00 bits per heavy atom. The lowest BCUT2D eigenvalue weighted by Crippen LogP contribution is -2.23. The Morgan fingerprint density at radius 1 is 1.11 bits per heavy atom. The average molecular weight is 359 g/mol. The predicted octanol–water partition coefficient (Wildman–Crippen LogP) is 3.71. The number of fused-ring (bicyclic) bond motifs is 1. The molecule has 6 heteroatoms. The Bertz CT molecular complexity index is 1090. The van der Waals surface area contributed by atoms with Gasteiger partial charge in [-0.2, -0.15) is 5.10 Å². The molecule has 27 heavy (non-hydrogen) atoms. The van der Waals surface area contributed by atoms with E-state index in [1.165, 1.54) is 0 Å². The highest BCUT2D eigenvalue weighted by Crippen LogP contribution is 2.23. The highest BCUT2D eigenvalue weighted by atomic mass is 16.1. The summed E-state index contributed by atoms with van der Waals surface area (Å²) < 4.78 is 3.83. The number of amides is 1. The van der Waals surface area contributed by atoms with Crippen LogP contribution >= 0.6 is 0 Å². The van der Waals surface area contributed by atoms with Crippen LogP contribution in [-0.4, -0.2) is 25.1 Å². The fourth-order valence-corrected chi connectivity index (χ4v) is 3.20. The van der Waals surface area contributed by atoms with Crippen LogP contribution in [0.5, 0.6) is 0 Å². The molecule has 6 nitrogen and oxygen atoms in total. The van der Waals surface area contributed by atoms with Crippen molar-refractivity contribution in [3.8, 4) is 11.3 Å². The Morgan fingerprint density at radius 3 is 2.85 bits per heavy atom. The number of pyridine rings is 1. The number of hydrogen-bond acceptors (Lipinski definition) is 3. The lowest BCUT2D eigenvalue weighted by Gasteiger charge is -2.12. The topological polar surface area (TPSA) is 64.2 Å². The third kappa shape index (κ3) is 3.33. The molecule has 0 bridgehead atoms. The van der Waals surface area contributed by atoms with Gasteiger partial charge in [0.15, 0.2) is 0 Å². The summed E-state index contributed by atoms with van der Waals surface area (Å²) in [7, 11) is 0. The number of aromatic nitrogens is 4. The number of carbonyl (C=O) groups excluding carboxylic acids is 1. The van der Waals surface area contributed by atoms with E-state index in [1.54, 1.807) is 12.3 Å². The maximum Gasteiger partial charge on any atom is 0.255 e. The zero-order valence-electron chi connectivity index (χ0n) is 15.3. The number of nitrogens with one attached hydrogen (secondary N) is 1. The molecule has 4 aromatic rings. The number of carbonyl (C=O) groups is 1. The Balaban J connectivity index is 1.53. The van der Waals surface area contributed by atoms with Crippen molar-refractivity contribution in [1.29, 1.82) is 0 Å². The van der Waals surface area contributed by atoms with Gasteiger partial charge in [0.25, 0.3) is 5.91 Å². The molecule has 0 aliphatic rings. The van der Waals surface area contributed by atoms with Crippen LogP contribution in [0.2, 0.25) is 0 Å². The summed E-state index contributed by atoms with van der Waals surface area (Å²) in [6, 6.07) is 14.1. The molecule has 136 valence electrons. The van der Waals surface area contributed by atoms with Gasteiger partial charge in [0, 0.05) is 42.9 Å². The van der Waals surface area contributed by atoms with Crippen LogP contribution < -0.4 is 5.32 Å². The highest BCUT2D eigenvalue weighted by molar-refractivity contribution is 5.99. The van der Waals surface area contributed by atoms with Gasteiger partial charge in [-0.1, -0.05) is 18.2 Å². The third-order valence-electron chi connectivity index (χ3n) is 4.50. The molecule has 4 rings (SSSR count). The highest BCUT2D eigenvalue weighted by Gasteiger charge is 2.12. The van der Waals surface area contributed by atoms with Crippen molar-refractivity contribution in [3.63, 3.8) is 0 Å². The van der Waals surface area contributed by atoms with Gasteiger partial charge in [-0.15, -0.1) is 0 Å². The maximum absolute atomic E-state index is 12.6. The maximum atomic E-state index is 12.6. The van der Waals surface area contributed by atoms with E-state index in [1.807, 2.05) is 51.9 Å². The first-order valence-corrected chi connectivity index (χ1v) is 8.96. The zero-order chi connectivity index (χ0) is 18.8. The first-order valence-electron chi connectivity index (χ1n) is 8.96. The van der Waals surface area contributed by atoms with E-state index in [0.29, 0.717) is 17.8 Å². The third-order valence-corrected chi connectivity index (χ3v) is 4.50. The normalized spacial score (nSPS) is 11.2. The lowest BCUT2D eigenvalue weighted by molar-refractivity contribution is 0.0952. The van der Waals surface area contributed by atoms with Gasteiger partial charge in [-0.05, 0) is 43.7 Å². The fraction of sp³-hybridized carbons (Fsp3) is 0.190. The molecule has 0 aliphatic carbocycles. The van der Waals surface area contributed by atoms with Crippen molar-refractivity contribution in [3.05, 3.63) is 78.4 Å². The van der Waals surface area contributed by atoms with Crippen LogP contribution in [0.25, 0.3) is 16.9 Å². The Labute approximate surface area is 157 Å². The first-order chi connectivity index (χ1) is 13.1. The van der Waals surface area contributed by atoms with E-state index < -0.39 is 0 Å². The zero-order valence-corrected chi connectivity index (χ0v) is 15.3. The van der Waals surface area contributed by atoms with Crippen LogP contribution in [0.15, 0.2) is 67.3 Å². The summed E-state index contributed by atoms with van der Waals surface area (Å²) in [5.74, 6) is -0.135. The van der Waals surface area contributed by atoms with Gasteiger partial charge >= 0.3 is 0 Å². The Hall–Kier alpha value is -3.41. The SMILES string of the molecule is CC(C)n1nccc1-c1cccc(CNC(=O)c2cccn3ccnc23)c1. The van der Waals surface area contributed by atoms with Crippen LogP contribution in [-0.2, 0) is 6.54 Å². The van der Waals surface area contributed by atoms with Gasteiger partial charge in [0.05, 0.1) is 11.3 Å². The minimum Gasteiger partial charge on any atom is -0.348 e. The molecular weight excluding hydrogens is 338 g/mol. The van der Waals surface area contributed by atoms with Crippen LogP contribution in [0, 0.1) is 0 Å². The molecule has 0 atom stereocenters. The van der Waals surface area contributed by atoms with Crippen LogP contribution in [0.3, 0.4) is 0 Å². The lowest BCUT2D eigenvalue weighted by atomic mass is 10.1. The largest absolute Gasteiger partial charge is 0.348 e. The number of nitrogens with zero attached hydrogens (tertiary/aromatic N) is 4. The molecule has 3 aromatic heterocycles. The standard InChI is InChI=1S/C21H21N5O/c1-15(2)26-19(8-9-24-26)17-6-3-5-16(13-17)14-23-21(27)18-7-4-11-25-12-10-22-20(18)25/h3-13,15H,14H2,1-2H3,(H,23,27). The molecule has 0 radical (unpaired) electrons. The second-order valence-corrected chi connectivity index (χ2v) is 6.72. The minimum atomic E-state index is -0.135. The second-order valence-electron chi connectivity index (χ2n) is 6.72. The molecule has 1 amide bonds. The van der Waals surface area contributed by atoms with E-state index in [2.05, 4.69) is 41.4 Å². The van der Waals surface area contributed by atoms with Crippen LogP contribution in [0.1, 0.15) is 35.8 Å². The van der Waals surface area contributed by atoms with Gasteiger partial charge in [0.1, 0.15) is 5.65 Å². The molecule has 0 aliphatic heterocycles. The van der Waals surface area contributed by atoms with E-state index in [9.17, 15) is 4.79 Å². The molecule has 0 fully saturated rings. The molecule has 3 heterocycles. The molecule has 0 saturated heterocycles. The smallest absolute Gasteiger partial charge is 0.255 e. The minimum absolute atomic E-state index is 0.135. The molecule has 1 N–H and O–H groups in total. The van der Waals surface area contributed by atoms with Crippen molar-refractivity contribution in [2.45, 2.75) is 26.4 Å². The summed E-state index contributed by atoms with van der Waals surface area (Å²) >= 11 is 0. The monoisotopic (exact) mass is 359 g/mol. The Kier molecular flexibility index (Phi) is 4.46. The summed E-state index contributed by atoms with van der Waals surface area (Å²) in [5.41, 5.74) is 4.41. The quantitative estimate of drug-likeness (QED) is 0.591. The van der Waals surface area contributed by atoms with Crippen molar-refractivity contribution in [1.82, 2.24) is 24.5 Å². The number of hydrogen-bond donors (Lipinski definition) is 1. The van der Waals surface area contributed by atoms with E-state index in [-0.39, 0.29) is 11.9 Å². The van der Waals surface area contributed by atoms with Crippen molar-refractivity contribution in [2.24, 2.45) is 0 Å². The molecular formula is C21H21N5O. The summed E-state index contributed by atoms with van der Waals surface area (Å²) in [4.78, 5) is 16.9. The van der Waals surface area contributed by atoms with Crippen LogP contribution in [0.4, 0.5) is 0 Å². The molecule has 1 aromatic carbocycles. The first kappa shape index (κ1) is 17.0. The van der Waals surface area contributed by atoms with Gasteiger partial charge in [-0.3, -0.25) is 9.48 Å². The van der Waals surface area contributed by atoms with Gasteiger partial charge in [0.2, 0.25) is 0 Å². The van der Waals surface area contributed by atoms with Gasteiger partial charge < -0.3 is 9.72 Å². The molecule has 0 unspecified atom stereocenters. The van der Waals surface area contributed by atoms with Crippen molar-refractivity contribution >= 4 is 11.6 Å². The number of imidazole rings is 1. The van der Waals surface area contributed by atoms with E-state index in [0.717, 1.165) is 16.8 Å². The van der Waals surface area contributed by atoms with E-state index >= 15 is 0 Å². The summed E-state index contributed by atoms with van der Waals surface area (Å²) in [6.45, 7) is 4.66. The average Bonchev–Trinajstić information content (AvgIpc) is 3.35. The van der Waals surface area contributed by atoms with Gasteiger partial charge in [-0.25, -0.2) is 4.98 Å². The fourth-order valence-electron chi connectivity index (χ4n) is 3.20. The number of rotatable bonds is 5. The predicted molar refractivity (Wildman–Crippen MR) is 104 cm³/mol. The summed E-state index contributed by atoms with van der Waals surface area (Å²) in [5, 5.41) is 7.39. The molecule has 0 saturated carbocycles. The van der Waals surface area contributed by atoms with Crippen molar-refractivity contribution in [2.75, 3.05) is 0 Å². The second kappa shape index (κ2) is 7.07. The number of benzene rings is 1. The molecule has 0 spiro atoms. The van der Waals surface area contributed by atoms with E-state index in [4.69, 9.17) is 0 Å². The summed E-state index contributed by atoms with van der Waals surface area (Å²) in [6.07, 6.45) is 7.20. The van der Waals surface area contributed by atoms with Crippen molar-refractivity contribution < 1.29 is 4.79 Å².